The number of aryl methyl sites for hydroxylation is 1. The van der Waals surface area contributed by atoms with Crippen molar-refractivity contribution in [3.8, 4) is 34.5 Å². The molecule has 34 nitrogen and oxygen atoms in total. The second-order valence-corrected chi connectivity index (χ2v) is 28.4. The molecule has 0 aliphatic carbocycles. The SMILES string of the molecule is COc1ccc(O)c(C=NNC(=O)C[N+]2(C)CCOCC2)c1.C[N+]1(CC(=O)NN=Cc2c(O)ccc3ccccc23)CCOCC1.C[N+]1(CC(=O)NN=Cc2cc([N+](=O)[O-])ccc2O)CCOCC1.C[N+]1(CC(=O)NN=Cc2ccccc2O)CCOCC1.Cc1cccc(C=NNC(=O)C[N+]2(C)CCOCC2)c1O.[Cl-].[Cl-].[Cl-].[Cl-].[Cl-]. The number of para-hydroxylation sites is 2. The Morgan fingerprint density at radius 3 is 1.12 bits per heavy atom. The number of hydrazone groups is 5. The third-order valence-electron chi connectivity index (χ3n) is 18.9. The number of ether oxygens (including phenoxy) is 6. The molecule has 10 N–H and O–H groups in total. The number of carbonyl (C=O) groups is 5. The number of carbonyl (C=O) groups excluding carboxylic acids is 5. The average molecular weight is 1710 g/mol. The number of hydrogen-bond acceptors (Lipinski definition) is 23. The minimum Gasteiger partial charge on any atom is -1.00 e. The molecule has 115 heavy (non-hydrogen) atoms. The first-order valence-electron chi connectivity index (χ1n) is 35.9. The Balaban J connectivity index is 0.000000483. The number of fused-ring (bicyclic) bond motifs is 1. The number of non-ortho nitro benzene ring substituents is 1. The van der Waals surface area contributed by atoms with Gasteiger partial charge in [-0.05, 0) is 71.8 Å². The molecule has 5 saturated heterocycles. The van der Waals surface area contributed by atoms with Crippen LogP contribution in [-0.2, 0) is 47.7 Å². The summed E-state index contributed by atoms with van der Waals surface area (Å²) in [5, 5.41) is 80.9. The molecule has 5 aliphatic rings. The van der Waals surface area contributed by atoms with Crippen molar-refractivity contribution in [1.82, 2.24) is 27.1 Å². The number of nitro groups is 1. The van der Waals surface area contributed by atoms with Gasteiger partial charge in [-0.15, -0.1) is 0 Å². The molecule has 39 heteroatoms. The van der Waals surface area contributed by atoms with E-state index >= 15 is 0 Å². The number of likely N-dealkylation sites (N-methyl/N-ethyl adjacent to an activating group) is 5. The first kappa shape index (κ1) is 102. The Hall–Kier alpha value is -9.47. The van der Waals surface area contributed by atoms with Crippen molar-refractivity contribution < 1.29 is 167 Å². The van der Waals surface area contributed by atoms with Gasteiger partial charge in [-0.3, -0.25) is 34.1 Å². The van der Waals surface area contributed by atoms with Crippen LogP contribution in [0, 0.1) is 17.0 Å². The van der Waals surface area contributed by atoms with E-state index in [4.69, 9.17) is 28.4 Å². The molecule has 5 aliphatic heterocycles. The number of phenols is 5. The van der Waals surface area contributed by atoms with Crippen molar-refractivity contribution >= 4 is 77.1 Å². The summed E-state index contributed by atoms with van der Waals surface area (Å²) in [6.45, 7) is 18.3. The molecule has 0 radical (unpaired) electrons. The normalized spacial score (nSPS) is 16.7. The molecular weight excluding hydrogens is 1600 g/mol. The van der Waals surface area contributed by atoms with E-state index in [0.29, 0.717) is 143 Å². The lowest BCUT2D eigenvalue weighted by atomic mass is 10.0. The van der Waals surface area contributed by atoms with Gasteiger partial charge in [-0.25, -0.2) is 27.1 Å². The number of methoxy groups -OCH3 is 1. The molecule has 0 atom stereocenters. The van der Waals surface area contributed by atoms with Crippen LogP contribution in [-0.4, -0.2) is 320 Å². The van der Waals surface area contributed by atoms with Gasteiger partial charge in [0.2, 0.25) is 0 Å². The highest BCUT2D eigenvalue weighted by atomic mass is 35.5. The fraction of sp³-hybridized carbons (Fsp3) is 0.421. The Kier molecular flexibility index (Phi) is 44.9. The van der Waals surface area contributed by atoms with Gasteiger partial charge in [0.1, 0.15) is 99.9 Å². The first-order chi connectivity index (χ1) is 52.6. The van der Waals surface area contributed by atoms with Crippen molar-refractivity contribution in [2.24, 2.45) is 25.5 Å². The molecule has 6 aromatic carbocycles. The van der Waals surface area contributed by atoms with Crippen molar-refractivity contribution in [1.29, 1.82) is 0 Å². The number of rotatable bonds is 22. The number of benzene rings is 6. The monoisotopic (exact) mass is 1700 g/mol. The highest BCUT2D eigenvalue weighted by Crippen LogP contribution is 2.27. The van der Waals surface area contributed by atoms with Crippen LogP contribution in [0.25, 0.3) is 10.8 Å². The molecule has 6 aromatic rings. The molecule has 0 saturated carbocycles. The van der Waals surface area contributed by atoms with E-state index in [9.17, 15) is 59.6 Å². The van der Waals surface area contributed by atoms with E-state index in [0.717, 1.165) is 81.8 Å². The van der Waals surface area contributed by atoms with Crippen molar-refractivity contribution in [3.05, 3.63) is 159 Å². The van der Waals surface area contributed by atoms with E-state index < -0.39 is 4.92 Å². The number of quaternary nitrogens is 5. The molecule has 5 heterocycles. The number of morpholine rings is 5. The number of nitrogens with one attached hydrogen (secondary N) is 5. The maximum Gasteiger partial charge on any atom is 0.295 e. The maximum atomic E-state index is 12.1. The van der Waals surface area contributed by atoms with Crippen molar-refractivity contribution in [2.45, 2.75) is 6.92 Å². The zero-order valence-corrected chi connectivity index (χ0v) is 69.2. The van der Waals surface area contributed by atoms with Gasteiger partial charge in [-0.1, -0.05) is 54.6 Å². The van der Waals surface area contributed by atoms with Crippen LogP contribution in [0.2, 0.25) is 0 Å². The lowest BCUT2D eigenvalue weighted by Crippen LogP contribution is -3.00. The molecule has 11 rings (SSSR count). The number of halogens is 5. The number of phenolic OH excluding ortho intramolecular Hbond substituents is 5. The number of amides is 5. The largest absolute Gasteiger partial charge is 1.00 e. The zero-order chi connectivity index (χ0) is 79.6. The van der Waals surface area contributed by atoms with E-state index in [2.05, 4.69) is 52.6 Å². The van der Waals surface area contributed by atoms with Gasteiger partial charge in [0.05, 0.1) is 144 Å². The maximum absolute atomic E-state index is 12.1. The predicted molar refractivity (Wildman–Crippen MR) is 413 cm³/mol. The Bertz CT molecular complexity index is 4230. The van der Waals surface area contributed by atoms with Crippen molar-refractivity contribution in [2.75, 3.05) is 207 Å². The van der Waals surface area contributed by atoms with E-state index in [1.807, 2.05) is 84.6 Å². The van der Waals surface area contributed by atoms with Crippen LogP contribution in [0.3, 0.4) is 0 Å². The number of nitrogens with zero attached hydrogens (tertiary/aromatic N) is 11. The fourth-order valence-corrected chi connectivity index (χ4v) is 11.8. The third kappa shape index (κ3) is 35.3. The van der Waals surface area contributed by atoms with Gasteiger partial charge in [-0.2, -0.15) is 25.5 Å². The number of nitro benzene ring substituents is 1. The lowest BCUT2D eigenvalue weighted by molar-refractivity contribution is -0.909. The molecule has 0 spiro atoms. The standard InChI is InChI=1S/C18H21N3O3.C15H21N3O4.C15H21N3O3.C14H18N4O5.C14H19N3O3.5ClH/c1-21(8-10-24-11-9-21)13-18(23)20-19-12-16-15-5-3-2-4-14(15)6-7-17(16)22;1-18(5-7-22-8-6-18)11-15(20)17-16-10-12-9-13(21-2)3-4-14(12)19;1-12-4-3-5-13(15(12)20)10-16-17-14(19)11-18(2)6-8-21-9-7-18;1-18(4-6-23-7-5-18)10-14(20)16-15-9-11-8-12(17(21)22)2-3-13(11)19;1-17(6-8-20-9-7-17)11-14(19)16-15-10-12-4-2-3-5-13(12)18;;;;;/h2-7,12H,8-11,13H2,1H3,(H-,19,20,22,23);3-4,9-10H,5-8,11H2,1-2H3,(H-,16,17,19,20);3-5,10H,6-9,11H2,1-2H3,(H-,16,17,19,20);2-3,8-9H,4-7,10H2,1H3,(H-,15,16,19,20);2-5,10H,6-9,11H2,1H3,(H-,15,16,18,19);5*1H. The minimum atomic E-state index is -0.571. The second-order valence-electron chi connectivity index (χ2n) is 28.4. The van der Waals surface area contributed by atoms with Crippen LogP contribution >= 0.6 is 0 Å². The predicted octanol–water partition coefficient (Wildman–Crippen LogP) is -12.0. The summed E-state index contributed by atoms with van der Waals surface area (Å²) in [5.74, 6) is 0.140. The Labute approximate surface area is 699 Å². The van der Waals surface area contributed by atoms with Gasteiger partial charge < -0.3 is 138 Å². The van der Waals surface area contributed by atoms with Crippen LogP contribution < -0.4 is 93.9 Å². The zero-order valence-electron chi connectivity index (χ0n) is 65.4. The molecule has 0 aromatic heterocycles. The summed E-state index contributed by atoms with van der Waals surface area (Å²) in [5.41, 5.74) is 15.4. The average Bonchev–Trinajstić information content (AvgIpc) is 0.808. The van der Waals surface area contributed by atoms with E-state index in [1.165, 1.54) is 55.3 Å². The van der Waals surface area contributed by atoms with E-state index in [-0.39, 0.29) is 138 Å². The van der Waals surface area contributed by atoms with Crippen molar-refractivity contribution in [3.63, 3.8) is 0 Å². The van der Waals surface area contributed by atoms with Crippen LogP contribution in [0.4, 0.5) is 5.69 Å². The summed E-state index contributed by atoms with van der Waals surface area (Å²) in [4.78, 5) is 69.9. The number of aromatic hydroxyl groups is 5. The van der Waals surface area contributed by atoms with Crippen LogP contribution in [0.5, 0.6) is 34.5 Å². The van der Waals surface area contributed by atoms with Gasteiger partial charge >= 0.3 is 0 Å². The molecule has 0 bridgehead atoms. The molecule has 5 fully saturated rings. The Morgan fingerprint density at radius 2 is 0.730 bits per heavy atom. The minimum absolute atomic E-state index is 0. The van der Waals surface area contributed by atoms with Gasteiger partial charge in [0.15, 0.2) is 32.7 Å². The van der Waals surface area contributed by atoms with Gasteiger partial charge in [0.25, 0.3) is 35.2 Å². The lowest BCUT2D eigenvalue weighted by Gasteiger charge is -2.36. The molecule has 5 amide bonds. The molecule has 0 unspecified atom stereocenters. The quantitative estimate of drug-likeness (QED) is 0.0131. The third-order valence-corrected chi connectivity index (χ3v) is 18.9. The topological polar surface area (TPSA) is 407 Å². The van der Waals surface area contributed by atoms with E-state index in [1.54, 1.807) is 55.6 Å². The molecular formula is C76H105Cl5N16O18. The summed E-state index contributed by atoms with van der Waals surface area (Å²) in [6.07, 6.45) is 6.97. The summed E-state index contributed by atoms with van der Waals surface area (Å²) < 4.78 is 34.8. The Morgan fingerprint density at radius 1 is 0.409 bits per heavy atom. The summed E-state index contributed by atoms with van der Waals surface area (Å²) >= 11 is 0. The summed E-state index contributed by atoms with van der Waals surface area (Å²) in [6, 6.07) is 31.8. The smallest absolute Gasteiger partial charge is 0.295 e. The van der Waals surface area contributed by atoms with Crippen LogP contribution in [0.1, 0.15) is 33.4 Å². The first-order valence-corrected chi connectivity index (χ1v) is 35.9. The van der Waals surface area contributed by atoms with Crippen LogP contribution in [0.15, 0.2) is 141 Å². The summed E-state index contributed by atoms with van der Waals surface area (Å²) in [7, 11) is 11.7. The molecule has 632 valence electrons. The second kappa shape index (κ2) is 50.8. The number of hydrogen-bond donors (Lipinski definition) is 10. The highest BCUT2D eigenvalue weighted by Gasteiger charge is 2.33. The fourth-order valence-electron chi connectivity index (χ4n) is 11.8. The van der Waals surface area contributed by atoms with Gasteiger partial charge in [0, 0.05) is 39.9 Å². The highest BCUT2D eigenvalue weighted by molar-refractivity contribution is 6.02.